The van der Waals surface area contributed by atoms with Gasteiger partial charge in [0.15, 0.2) is 0 Å². The highest BCUT2D eigenvalue weighted by Crippen LogP contribution is 2.31. The Hall–Kier alpha value is -0.580. The van der Waals surface area contributed by atoms with Crippen molar-refractivity contribution in [1.82, 2.24) is 5.32 Å². The molecule has 0 aromatic heterocycles. The van der Waals surface area contributed by atoms with Crippen LogP contribution >= 0.6 is 15.9 Å². The van der Waals surface area contributed by atoms with Gasteiger partial charge in [0, 0.05) is 5.41 Å². The van der Waals surface area contributed by atoms with Crippen LogP contribution < -0.4 is 10.1 Å². The summed E-state index contributed by atoms with van der Waals surface area (Å²) in [4.78, 5) is 0. The molecule has 1 aromatic rings. The maximum absolute atomic E-state index is 5.86. The van der Waals surface area contributed by atoms with E-state index in [0.717, 1.165) is 36.4 Å². The Morgan fingerprint density at radius 3 is 2.78 bits per heavy atom. The molecule has 3 nitrogen and oxygen atoms in total. The van der Waals surface area contributed by atoms with Gasteiger partial charge in [-0.15, -0.1) is 0 Å². The predicted molar refractivity (Wildman–Crippen MR) is 76.2 cm³/mol. The van der Waals surface area contributed by atoms with Gasteiger partial charge in [0.05, 0.1) is 24.3 Å². The monoisotopic (exact) mass is 313 g/mol. The molecule has 1 heterocycles. The summed E-state index contributed by atoms with van der Waals surface area (Å²) in [5.41, 5.74) is 1.49. The number of ether oxygens (including phenoxy) is 2. The summed E-state index contributed by atoms with van der Waals surface area (Å²) in [7, 11) is 1.97. The zero-order valence-electron chi connectivity index (χ0n) is 11.0. The number of hydrogen-bond donors (Lipinski definition) is 1. The second-order valence-corrected chi connectivity index (χ2v) is 6.06. The quantitative estimate of drug-likeness (QED) is 0.875. The average molecular weight is 314 g/mol. The number of benzene rings is 1. The lowest BCUT2D eigenvalue weighted by Crippen LogP contribution is -2.44. The third-order valence-corrected chi connectivity index (χ3v) is 3.76. The largest absolute Gasteiger partial charge is 0.492 e. The van der Waals surface area contributed by atoms with E-state index in [0.29, 0.717) is 6.61 Å². The summed E-state index contributed by atoms with van der Waals surface area (Å²) in [6.45, 7) is 5.48. The molecule has 2 rings (SSSR count). The van der Waals surface area contributed by atoms with Gasteiger partial charge < -0.3 is 14.8 Å². The number of rotatable bonds is 6. The summed E-state index contributed by atoms with van der Waals surface area (Å²) in [6.07, 6.45) is 1.03. The molecule has 1 N–H and O–H groups in total. The molecular weight excluding hydrogens is 294 g/mol. The normalized spacial score (nSPS) is 17.3. The van der Waals surface area contributed by atoms with Crippen molar-refractivity contribution in [3.63, 3.8) is 0 Å². The van der Waals surface area contributed by atoms with Crippen LogP contribution in [0.15, 0.2) is 22.7 Å². The third kappa shape index (κ3) is 3.46. The Morgan fingerprint density at radius 2 is 2.22 bits per heavy atom. The van der Waals surface area contributed by atoms with Gasteiger partial charge in [-0.25, -0.2) is 0 Å². The van der Waals surface area contributed by atoms with E-state index in [1.807, 2.05) is 13.1 Å². The van der Waals surface area contributed by atoms with Crippen molar-refractivity contribution in [2.45, 2.75) is 13.3 Å². The molecule has 0 amide bonds. The van der Waals surface area contributed by atoms with Crippen molar-refractivity contribution in [1.29, 1.82) is 0 Å². The topological polar surface area (TPSA) is 30.5 Å². The van der Waals surface area contributed by atoms with Gasteiger partial charge in [0.1, 0.15) is 5.75 Å². The molecule has 0 unspecified atom stereocenters. The Bertz CT molecular complexity index is 405. The lowest BCUT2D eigenvalue weighted by molar-refractivity contribution is -0.120. The van der Waals surface area contributed by atoms with Gasteiger partial charge in [-0.3, -0.25) is 0 Å². The van der Waals surface area contributed by atoms with Gasteiger partial charge in [0.2, 0.25) is 0 Å². The summed E-state index contributed by atoms with van der Waals surface area (Å²) < 4.78 is 12.1. The Labute approximate surface area is 117 Å². The fraction of sp³-hybridized carbons (Fsp3) is 0.571. The average Bonchev–Trinajstić information content (AvgIpc) is 2.33. The number of hydrogen-bond acceptors (Lipinski definition) is 3. The van der Waals surface area contributed by atoms with Crippen LogP contribution in [0.2, 0.25) is 0 Å². The highest BCUT2D eigenvalue weighted by Gasteiger charge is 2.34. The molecular formula is C14H20BrNO2. The minimum absolute atomic E-state index is 0.185. The zero-order chi connectivity index (χ0) is 13.0. The highest BCUT2D eigenvalue weighted by molar-refractivity contribution is 9.10. The predicted octanol–water partition coefficient (Wildman–Crippen LogP) is 2.63. The lowest BCUT2D eigenvalue weighted by Gasteiger charge is -2.37. The fourth-order valence-corrected chi connectivity index (χ4v) is 2.41. The van der Waals surface area contributed by atoms with Gasteiger partial charge in [0.25, 0.3) is 0 Å². The van der Waals surface area contributed by atoms with Crippen molar-refractivity contribution in [3.8, 4) is 5.75 Å². The van der Waals surface area contributed by atoms with E-state index in [2.05, 4.69) is 40.3 Å². The van der Waals surface area contributed by atoms with Gasteiger partial charge in [-0.2, -0.15) is 0 Å². The highest BCUT2D eigenvalue weighted by atomic mass is 79.9. The Morgan fingerprint density at radius 1 is 1.44 bits per heavy atom. The number of likely N-dealkylation sites (N-methyl/N-ethyl adjacent to an activating group) is 1. The molecule has 0 aliphatic carbocycles. The first-order chi connectivity index (χ1) is 8.63. The molecule has 1 aromatic carbocycles. The van der Waals surface area contributed by atoms with Crippen LogP contribution in [0.5, 0.6) is 5.75 Å². The van der Waals surface area contributed by atoms with E-state index in [1.165, 1.54) is 5.56 Å². The number of halogens is 1. The molecule has 4 heteroatoms. The van der Waals surface area contributed by atoms with Crippen LogP contribution in [-0.2, 0) is 11.2 Å². The van der Waals surface area contributed by atoms with E-state index in [-0.39, 0.29) is 5.41 Å². The molecule has 1 saturated heterocycles. The molecule has 0 spiro atoms. The SMILES string of the molecule is CNCCc1ccc(OCC2(C)COC2)c(Br)c1. The van der Waals surface area contributed by atoms with Gasteiger partial charge >= 0.3 is 0 Å². The summed E-state index contributed by atoms with van der Waals surface area (Å²) in [5.74, 6) is 0.913. The molecule has 0 radical (unpaired) electrons. The Balaban J connectivity index is 1.92. The van der Waals surface area contributed by atoms with Crippen LogP contribution in [0, 0.1) is 5.41 Å². The second-order valence-electron chi connectivity index (χ2n) is 5.21. The van der Waals surface area contributed by atoms with Gasteiger partial charge in [-0.1, -0.05) is 13.0 Å². The van der Waals surface area contributed by atoms with E-state index in [9.17, 15) is 0 Å². The van der Waals surface area contributed by atoms with E-state index in [4.69, 9.17) is 9.47 Å². The Kier molecular flexibility index (Phi) is 4.65. The summed E-state index contributed by atoms with van der Waals surface area (Å²) >= 11 is 3.57. The standard InChI is InChI=1S/C14H20BrNO2/c1-14(8-17-9-14)10-18-13-4-3-11(5-6-16-2)7-12(13)15/h3-4,7,16H,5-6,8-10H2,1-2H3. The first kappa shape index (κ1) is 13.8. The summed E-state index contributed by atoms with van der Waals surface area (Å²) in [5, 5.41) is 3.15. The van der Waals surface area contributed by atoms with Crippen LogP contribution in [0.1, 0.15) is 12.5 Å². The smallest absolute Gasteiger partial charge is 0.133 e. The molecule has 0 saturated carbocycles. The molecule has 0 bridgehead atoms. The first-order valence-electron chi connectivity index (χ1n) is 6.26. The van der Waals surface area contributed by atoms with Gasteiger partial charge in [-0.05, 0) is 53.6 Å². The van der Waals surface area contributed by atoms with E-state index >= 15 is 0 Å². The minimum atomic E-state index is 0.185. The maximum Gasteiger partial charge on any atom is 0.133 e. The molecule has 100 valence electrons. The minimum Gasteiger partial charge on any atom is -0.492 e. The first-order valence-corrected chi connectivity index (χ1v) is 7.06. The van der Waals surface area contributed by atoms with Crippen molar-refractivity contribution >= 4 is 15.9 Å². The zero-order valence-corrected chi connectivity index (χ0v) is 12.5. The fourth-order valence-electron chi connectivity index (χ4n) is 1.87. The lowest BCUT2D eigenvalue weighted by atomic mass is 9.90. The maximum atomic E-state index is 5.86. The molecule has 1 aliphatic rings. The van der Waals surface area contributed by atoms with Crippen molar-refractivity contribution in [2.75, 3.05) is 33.4 Å². The molecule has 0 atom stereocenters. The molecule has 18 heavy (non-hydrogen) atoms. The van der Waals surface area contributed by atoms with Crippen LogP contribution in [0.4, 0.5) is 0 Å². The van der Waals surface area contributed by atoms with E-state index in [1.54, 1.807) is 0 Å². The van der Waals surface area contributed by atoms with Crippen LogP contribution in [-0.4, -0.2) is 33.4 Å². The van der Waals surface area contributed by atoms with Crippen molar-refractivity contribution in [2.24, 2.45) is 5.41 Å². The van der Waals surface area contributed by atoms with E-state index < -0.39 is 0 Å². The van der Waals surface area contributed by atoms with Crippen molar-refractivity contribution < 1.29 is 9.47 Å². The summed E-state index contributed by atoms with van der Waals surface area (Å²) in [6, 6.07) is 6.29. The molecule has 1 aliphatic heterocycles. The third-order valence-electron chi connectivity index (χ3n) is 3.14. The van der Waals surface area contributed by atoms with Crippen molar-refractivity contribution in [3.05, 3.63) is 28.2 Å². The number of nitrogens with one attached hydrogen (secondary N) is 1. The molecule has 1 fully saturated rings. The second kappa shape index (κ2) is 6.04. The van der Waals surface area contributed by atoms with Crippen LogP contribution in [0.3, 0.4) is 0 Å². The van der Waals surface area contributed by atoms with Crippen LogP contribution in [0.25, 0.3) is 0 Å².